The Balaban J connectivity index is 2.45. The van der Waals surface area contributed by atoms with Crippen molar-refractivity contribution in [1.29, 1.82) is 0 Å². The van der Waals surface area contributed by atoms with Crippen molar-refractivity contribution in [2.75, 3.05) is 7.11 Å². The Morgan fingerprint density at radius 1 is 1.14 bits per heavy atom. The van der Waals surface area contributed by atoms with Crippen molar-refractivity contribution < 1.29 is 27.4 Å². The standard InChI is InChI=1S/C15H12F3NO3/c1-15(17,18)11-7-8-12(14(20)21-2)19-13(11)22-10-5-3-9(16)4-6-10/h3-8H,1-2H3. The Morgan fingerprint density at radius 2 is 1.77 bits per heavy atom. The van der Waals surface area contributed by atoms with Crippen molar-refractivity contribution in [2.45, 2.75) is 12.8 Å². The van der Waals surface area contributed by atoms with E-state index in [4.69, 9.17) is 4.74 Å². The van der Waals surface area contributed by atoms with E-state index in [9.17, 15) is 18.0 Å². The molecule has 0 aliphatic carbocycles. The summed E-state index contributed by atoms with van der Waals surface area (Å²) >= 11 is 0. The molecule has 0 unspecified atom stereocenters. The number of nitrogens with zero attached hydrogens (tertiary/aromatic N) is 1. The van der Waals surface area contributed by atoms with Crippen LogP contribution in [0.4, 0.5) is 13.2 Å². The van der Waals surface area contributed by atoms with Crippen LogP contribution in [0.1, 0.15) is 23.0 Å². The highest BCUT2D eigenvalue weighted by Gasteiger charge is 2.31. The van der Waals surface area contributed by atoms with Crippen LogP contribution in [0.5, 0.6) is 11.6 Å². The highest BCUT2D eigenvalue weighted by molar-refractivity contribution is 5.87. The fraction of sp³-hybridized carbons (Fsp3) is 0.200. The predicted octanol–water partition coefficient (Wildman–Crippen LogP) is 3.91. The Kier molecular flexibility index (Phi) is 4.35. The fourth-order valence-electron chi connectivity index (χ4n) is 1.68. The van der Waals surface area contributed by atoms with Gasteiger partial charge in [-0.25, -0.2) is 22.9 Å². The third-order valence-electron chi connectivity index (χ3n) is 2.76. The van der Waals surface area contributed by atoms with Gasteiger partial charge in [-0.05, 0) is 36.4 Å². The second kappa shape index (κ2) is 6.05. The van der Waals surface area contributed by atoms with Gasteiger partial charge in [0.1, 0.15) is 11.6 Å². The van der Waals surface area contributed by atoms with Crippen molar-refractivity contribution >= 4 is 5.97 Å². The number of esters is 1. The van der Waals surface area contributed by atoms with E-state index in [0.717, 1.165) is 31.4 Å². The number of methoxy groups -OCH3 is 1. The summed E-state index contributed by atoms with van der Waals surface area (Å²) < 4.78 is 49.8. The number of rotatable bonds is 4. The first-order chi connectivity index (χ1) is 10.3. The van der Waals surface area contributed by atoms with Gasteiger partial charge >= 0.3 is 5.97 Å². The molecule has 0 saturated carbocycles. The summed E-state index contributed by atoms with van der Waals surface area (Å²) in [6.45, 7) is 0.680. The molecule has 0 saturated heterocycles. The molecule has 0 bridgehead atoms. The van der Waals surface area contributed by atoms with Crippen molar-refractivity contribution in [3.05, 3.63) is 53.5 Å². The minimum Gasteiger partial charge on any atom is -0.464 e. The van der Waals surface area contributed by atoms with Crippen LogP contribution in [-0.4, -0.2) is 18.1 Å². The van der Waals surface area contributed by atoms with Gasteiger partial charge in [0.25, 0.3) is 5.92 Å². The molecule has 0 fully saturated rings. The second-order valence-corrected chi connectivity index (χ2v) is 4.49. The topological polar surface area (TPSA) is 48.4 Å². The summed E-state index contributed by atoms with van der Waals surface area (Å²) in [7, 11) is 1.15. The van der Waals surface area contributed by atoms with Crippen molar-refractivity contribution in [1.82, 2.24) is 4.98 Å². The van der Waals surface area contributed by atoms with Crippen molar-refractivity contribution in [3.8, 4) is 11.6 Å². The molecule has 0 radical (unpaired) electrons. The maximum atomic E-state index is 13.6. The summed E-state index contributed by atoms with van der Waals surface area (Å²) in [5.74, 6) is -4.83. The van der Waals surface area contributed by atoms with Crippen LogP contribution in [0.2, 0.25) is 0 Å². The molecule has 1 aromatic carbocycles. The van der Waals surface area contributed by atoms with Crippen LogP contribution >= 0.6 is 0 Å². The lowest BCUT2D eigenvalue weighted by atomic mass is 10.1. The molecular formula is C15H12F3NO3. The van der Waals surface area contributed by atoms with Gasteiger partial charge in [0.15, 0.2) is 5.69 Å². The Hall–Kier alpha value is -2.57. The third-order valence-corrected chi connectivity index (χ3v) is 2.76. The number of alkyl halides is 2. The number of ether oxygens (including phenoxy) is 2. The smallest absolute Gasteiger partial charge is 0.356 e. The maximum absolute atomic E-state index is 13.6. The van der Waals surface area contributed by atoms with Crippen LogP contribution in [0.25, 0.3) is 0 Å². The Bertz CT molecular complexity index is 681. The van der Waals surface area contributed by atoms with Crippen molar-refractivity contribution in [3.63, 3.8) is 0 Å². The van der Waals surface area contributed by atoms with E-state index < -0.39 is 29.2 Å². The molecule has 0 spiro atoms. The molecule has 0 aliphatic heterocycles. The summed E-state index contributed by atoms with van der Waals surface area (Å²) in [5.41, 5.74) is -0.669. The minimum atomic E-state index is -3.23. The van der Waals surface area contributed by atoms with Gasteiger partial charge in [-0.2, -0.15) is 0 Å². The molecule has 0 amide bonds. The number of pyridine rings is 1. The highest BCUT2D eigenvalue weighted by atomic mass is 19.3. The summed E-state index contributed by atoms with van der Waals surface area (Å²) in [5, 5.41) is 0. The first kappa shape index (κ1) is 15.8. The molecule has 2 aromatic rings. The maximum Gasteiger partial charge on any atom is 0.356 e. The quantitative estimate of drug-likeness (QED) is 0.803. The van der Waals surface area contributed by atoms with Gasteiger partial charge in [-0.15, -0.1) is 0 Å². The predicted molar refractivity (Wildman–Crippen MR) is 71.6 cm³/mol. The molecule has 116 valence electrons. The van der Waals surface area contributed by atoms with E-state index in [1.54, 1.807) is 0 Å². The van der Waals surface area contributed by atoms with Gasteiger partial charge < -0.3 is 9.47 Å². The molecule has 0 N–H and O–H groups in total. The number of aromatic nitrogens is 1. The van der Waals surface area contributed by atoms with Gasteiger partial charge in [0.05, 0.1) is 12.7 Å². The molecule has 22 heavy (non-hydrogen) atoms. The van der Waals surface area contributed by atoms with Gasteiger partial charge in [-0.1, -0.05) is 0 Å². The fourth-order valence-corrected chi connectivity index (χ4v) is 1.68. The van der Waals surface area contributed by atoms with E-state index in [1.165, 1.54) is 12.1 Å². The minimum absolute atomic E-state index is 0.112. The normalized spacial score (nSPS) is 11.1. The average Bonchev–Trinajstić information content (AvgIpc) is 2.47. The molecule has 7 heteroatoms. The van der Waals surface area contributed by atoms with Crippen LogP contribution in [0.15, 0.2) is 36.4 Å². The van der Waals surface area contributed by atoms with Crippen molar-refractivity contribution in [2.24, 2.45) is 0 Å². The molecule has 0 aliphatic rings. The van der Waals surface area contributed by atoms with E-state index in [0.29, 0.717) is 6.92 Å². The third kappa shape index (κ3) is 3.55. The van der Waals surface area contributed by atoms with E-state index in [1.807, 2.05) is 0 Å². The number of carbonyl (C=O) groups excluding carboxylic acids is 1. The summed E-state index contributed by atoms with van der Waals surface area (Å²) in [4.78, 5) is 15.2. The van der Waals surface area contributed by atoms with Crippen LogP contribution in [-0.2, 0) is 10.7 Å². The van der Waals surface area contributed by atoms with Crippen LogP contribution in [0, 0.1) is 5.82 Å². The largest absolute Gasteiger partial charge is 0.464 e. The van der Waals surface area contributed by atoms with E-state index in [-0.39, 0.29) is 11.4 Å². The molecule has 1 aromatic heterocycles. The lowest BCUT2D eigenvalue weighted by Crippen LogP contribution is -2.13. The van der Waals surface area contributed by atoms with Gasteiger partial charge in [-0.3, -0.25) is 0 Å². The summed E-state index contributed by atoms with van der Waals surface area (Å²) in [6.07, 6.45) is 0. The lowest BCUT2D eigenvalue weighted by Gasteiger charge is -2.16. The van der Waals surface area contributed by atoms with E-state index >= 15 is 0 Å². The molecular weight excluding hydrogens is 299 g/mol. The lowest BCUT2D eigenvalue weighted by molar-refractivity contribution is 0.0147. The number of hydrogen-bond donors (Lipinski definition) is 0. The SMILES string of the molecule is COC(=O)c1ccc(C(C)(F)F)c(Oc2ccc(F)cc2)n1. The monoisotopic (exact) mass is 311 g/mol. The number of carbonyl (C=O) groups is 1. The number of hydrogen-bond acceptors (Lipinski definition) is 4. The zero-order valence-electron chi connectivity index (χ0n) is 11.8. The Morgan fingerprint density at radius 3 is 2.32 bits per heavy atom. The molecule has 1 heterocycles. The molecule has 2 rings (SSSR count). The van der Waals surface area contributed by atoms with Crippen LogP contribution in [0.3, 0.4) is 0 Å². The van der Waals surface area contributed by atoms with E-state index in [2.05, 4.69) is 9.72 Å². The zero-order chi connectivity index (χ0) is 16.3. The summed E-state index contributed by atoms with van der Waals surface area (Å²) in [6, 6.07) is 6.92. The first-order valence-electron chi connectivity index (χ1n) is 6.22. The van der Waals surface area contributed by atoms with Gasteiger partial charge in [0, 0.05) is 6.92 Å². The highest BCUT2D eigenvalue weighted by Crippen LogP contribution is 2.35. The number of benzene rings is 1. The second-order valence-electron chi connectivity index (χ2n) is 4.49. The molecule has 4 nitrogen and oxygen atoms in total. The zero-order valence-corrected chi connectivity index (χ0v) is 11.8. The van der Waals surface area contributed by atoms with Crippen LogP contribution < -0.4 is 4.74 Å². The number of halogens is 3. The molecule has 0 atom stereocenters. The average molecular weight is 311 g/mol. The first-order valence-corrected chi connectivity index (χ1v) is 6.22. The Labute approximate surface area is 124 Å². The van der Waals surface area contributed by atoms with Gasteiger partial charge in [0.2, 0.25) is 5.88 Å².